The van der Waals surface area contributed by atoms with Gasteiger partial charge in [-0.15, -0.1) is 0 Å². The minimum absolute atomic E-state index is 0.0312. The zero-order valence-electron chi connectivity index (χ0n) is 7.90. The molecule has 0 rings (SSSR count). The molecular weight excluding hydrogens is 124 g/mol. The summed E-state index contributed by atoms with van der Waals surface area (Å²) in [5.74, 6) is 0.694. The van der Waals surface area contributed by atoms with Gasteiger partial charge in [-0.1, -0.05) is 20.3 Å². The molecule has 0 aromatic heterocycles. The lowest BCUT2D eigenvalue weighted by Gasteiger charge is -2.21. The van der Waals surface area contributed by atoms with Gasteiger partial charge >= 0.3 is 0 Å². The summed E-state index contributed by atoms with van der Waals surface area (Å²) in [6.45, 7) is 11.6. The third-order valence-corrected chi connectivity index (χ3v) is 1.50. The number of ether oxygens (including phenoxy) is 1. The summed E-state index contributed by atoms with van der Waals surface area (Å²) in [6, 6.07) is 0. The molecule has 1 atom stereocenters. The Morgan fingerprint density at radius 3 is 2.10 bits per heavy atom. The van der Waals surface area contributed by atoms with Crippen molar-refractivity contribution in [3.8, 4) is 0 Å². The van der Waals surface area contributed by atoms with E-state index in [9.17, 15) is 0 Å². The SMILES string of the molecule is CC[C@@H](C)COC(C)(C)C. The van der Waals surface area contributed by atoms with Gasteiger partial charge in [-0.25, -0.2) is 0 Å². The molecule has 0 aliphatic heterocycles. The maximum absolute atomic E-state index is 5.58. The monoisotopic (exact) mass is 144 g/mol. The van der Waals surface area contributed by atoms with E-state index in [1.54, 1.807) is 0 Å². The fourth-order valence-electron chi connectivity index (χ4n) is 0.510. The molecule has 0 saturated heterocycles. The second kappa shape index (κ2) is 3.97. The van der Waals surface area contributed by atoms with Gasteiger partial charge in [0.25, 0.3) is 0 Å². The average molecular weight is 144 g/mol. The van der Waals surface area contributed by atoms with Gasteiger partial charge in [0.15, 0.2) is 0 Å². The van der Waals surface area contributed by atoms with Crippen LogP contribution in [0.5, 0.6) is 0 Å². The highest BCUT2D eigenvalue weighted by Gasteiger charge is 2.10. The zero-order valence-corrected chi connectivity index (χ0v) is 7.90. The largest absolute Gasteiger partial charge is 0.376 e. The molecule has 0 fully saturated rings. The van der Waals surface area contributed by atoms with E-state index in [-0.39, 0.29) is 5.60 Å². The van der Waals surface area contributed by atoms with Crippen molar-refractivity contribution in [2.24, 2.45) is 5.92 Å². The lowest BCUT2D eigenvalue weighted by Crippen LogP contribution is -2.22. The zero-order chi connectivity index (χ0) is 8.20. The van der Waals surface area contributed by atoms with Crippen LogP contribution in [-0.4, -0.2) is 12.2 Å². The van der Waals surface area contributed by atoms with E-state index in [0.717, 1.165) is 6.61 Å². The van der Waals surface area contributed by atoms with Crippen LogP contribution in [0.25, 0.3) is 0 Å². The van der Waals surface area contributed by atoms with Crippen molar-refractivity contribution in [2.45, 2.75) is 46.6 Å². The van der Waals surface area contributed by atoms with Crippen molar-refractivity contribution >= 4 is 0 Å². The van der Waals surface area contributed by atoms with Crippen molar-refractivity contribution < 1.29 is 4.74 Å². The average Bonchev–Trinajstić information content (AvgIpc) is 1.81. The van der Waals surface area contributed by atoms with Crippen molar-refractivity contribution in [3.05, 3.63) is 0 Å². The molecule has 0 aromatic carbocycles. The Hall–Kier alpha value is -0.0400. The van der Waals surface area contributed by atoms with Gasteiger partial charge in [0, 0.05) is 6.61 Å². The lowest BCUT2D eigenvalue weighted by atomic mass is 10.1. The highest BCUT2D eigenvalue weighted by atomic mass is 16.5. The van der Waals surface area contributed by atoms with E-state index in [4.69, 9.17) is 4.74 Å². The van der Waals surface area contributed by atoms with E-state index in [0.29, 0.717) is 5.92 Å². The number of rotatable bonds is 3. The van der Waals surface area contributed by atoms with Crippen LogP contribution < -0.4 is 0 Å². The molecule has 0 aliphatic carbocycles. The summed E-state index contributed by atoms with van der Waals surface area (Å²) in [5, 5.41) is 0. The van der Waals surface area contributed by atoms with E-state index >= 15 is 0 Å². The maximum atomic E-state index is 5.58. The smallest absolute Gasteiger partial charge is 0.0598 e. The summed E-state index contributed by atoms with van der Waals surface area (Å²) in [5.41, 5.74) is 0.0312. The molecule has 1 heteroatoms. The molecule has 62 valence electrons. The Balaban J connectivity index is 3.36. The number of hydrogen-bond donors (Lipinski definition) is 0. The quantitative estimate of drug-likeness (QED) is 0.592. The molecule has 0 heterocycles. The Morgan fingerprint density at radius 1 is 1.30 bits per heavy atom. The van der Waals surface area contributed by atoms with Crippen molar-refractivity contribution in [2.75, 3.05) is 6.61 Å². The molecule has 0 saturated carbocycles. The lowest BCUT2D eigenvalue weighted by molar-refractivity contribution is -0.0198. The summed E-state index contributed by atoms with van der Waals surface area (Å²) < 4.78 is 5.58. The Kier molecular flexibility index (Phi) is 3.95. The first-order valence-electron chi connectivity index (χ1n) is 4.09. The molecule has 0 bridgehead atoms. The predicted octanol–water partition coefficient (Wildman–Crippen LogP) is 2.85. The molecule has 0 aliphatic rings. The van der Waals surface area contributed by atoms with Gasteiger partial charge in [-0.2, -0.15) is 0 Å². The summed E-state index contributed by atoms with van der Waals surface area (Å²) in [4.78, 5) is 0. The molecule has 0 N–H and O–H groups in total. The van der Waals surface area contributed by atoms with Gasteiger partial charge in [0.1, 0.15) is 0 Å². The second-order valence-electron chi connectivity index (χ2n) is 3.94. The normalized spacial score (nSPS) is 15.3. The first-order chi connectivity index (χ1) is 4.45. The fourth-order valence-corrected chi connectivity index (χ4v) is 0.510. The van der Waals surface area contributed by atoms with Crippen LogP contribution in [0.15, 0.2) is 0 Å². The highest BCUT2D eigenvalue weighted by molar-refractivity contribution is 4.59. The van der Waals surface area contributed by atoms with Crippen LogP contribution in [0.2, 0.25) is 0 Å². The van der Waals surface area contributed by atoms with Crippen LogP contribution in [0.4, 0.5) is 0 Å². The van der Waals surface area contributed by atoms with Gasteiger partial charge in [-0.05, 0) is 26.7 Å². The third kappa shape index (κ3) is 6.09. The number of hydrogen-bond acceptors (Lipinski definition) is 1. The highest BCUT2D eigenvalue weighted by Crippen LogP contribution is 2.10. The van der Waals surface area contributed by atoms with E-state index in [2.05, 4.69) is 34.6 Å². The van der Waals surface area contributed by atoms with Crippen molar-refractivity contribution in [1.29, 1.82) is 0 Å². The summed E-state index contributed by atoms with van der Waals surface area (Å²) in [7, 11) is 0. The van der Waals surface area contributed by atoms with Crippen LogP contribution in [0.3, 0.4) is 0 Å². The van der Waals surface area contributed by atoms with E-state index in [1.165, 1.54) is 6.42 Å². The minimum atomic E-state index is 0.0312. The molecule has 10 heavy (non-hydrogen) atoms. The third-order valence-electron chi connectivity index (χ3n) is 1.50. The van der Waals surface area contributed by atoms with Gasteiger partial charge in [-0.3, -0.25) is 0 Å². The van der Waals surface area contributed by atoms with Gasteiger partial charge in [0.2, 0.25) is 0 Å². The van der Waals surface area contributed by atoms with Crippen LogP contribution in [0, 0.1) is 5.92 Å². The standard InChI is InChI=1S/C9H20O/c1-6-8(2)7-10-9(3,4)5/h8H,6-7H2,1-5H3/t8-/m1/s1. The second-order valence-corrected chi connectivity index (χ2v) is 3.94. The van der Waals surface area contributed by atoms with Gasteiger partial charge in [0.05, 0.1) is 5.60 Å². The Labute approximate surface area is 64.8 Å². The Morgan fingerprint density at radius 2 is 1.80 bits per heavy atom. The van der Waals surface area contributed by atoms with Crippen molar-refractivity contribution in [3.63, 3.8) is 0 Å². The first-order valence-corrected chi connectivity index (χ1v) is 4.09. The maximum Gasteiger partial charge on any atom is 0.0598 e. The summed E-state index contributed by atoms with van der Waals surface area (Å²) in [6.07, 6.45) is 1.20. The fraction of sp³-hybridized carbons (Fsp3) is 1.00. The van der Waals surface area contributed by atoms with E-state index < -0.39 is 0 Å². The Bertz CT molecular complexity index is 81.2. The van der Waals surface area contributed by atoms with Crippen molar-refractivity contribution in [1.82, 2.24) is 0 Å². The summed E-state index contributed by atoms with van der Waals surface area (Å²) >= 11 is 0. The van der Waals surface area contributed by atoms with Gasteiger partial charge < -0.3 is 4.74 Å². The molecule has 1 nitrogen and oxygen atoms in total. The molecule has 0 amide bonds. The minimum Gasteiger partial charge on any atom is -0.376 e. The molecule has 0 unspecified atom stereocenters. The predicted molar refractivity (Wildman–Crippen MR) is 45.2 cm³/mol. The van der Waals surface area contributed by atoms with Crippen LogP contribution in [-0.2, 0) is 4.74 Å². The van der Waals surface area contributed by atoms with Crippen LogP contribution >= 0.6 is 0 Å². The topological polar surface area (TPSA) is 9.23 Å². The molecule has 0 radical (unpaired) electrons. The molecule has 0 spiro atoms. The molecule has 0 aromatic rings. The molecular formula is C9H20O. The van der Waals surface area contributed by atoms with E-state index in [1.807, 2.05) is 0 Å². The van der Waals surface area contributed by atoms with Crippen LogP contribution in [0.1, 0.15) is 41.0 Å². The first kappa shape index (κ1) is 9.96.